The van der Waals surface area contributed by atoms with Crippen molar-refractivity contribution in [1.29, 1.82) is 0 Å². The third kappa shape index (κ3) is 3.46. The summed E-state index contributed by atoms with van der Waals surface area (Å²) in [7, 11) is -1.64. The van der Waals surface area contributed by atoms with Gasteiger partial charge in [0.2, 0.25) is 0 Å². The van der Waals surface area contributed by atoms with Gasteiger partial charge in [0.25, 0.3) is 0 Å². The summed E-state index contributed by atoms with van der Waals surface area (Å²) >= 11 is 0. The molecule has 0 aromatic rings. The second-order valence-corrected chi connectivity index (χ2v) is 11.7. The van der Waals surface area contributed by atoms with E-state index in [1.165, 1.54) is 0 Å². The van der Waals surface area contributed by atoms with E-state index in [0.29, 0.717) is 12.2 Å². The largest absolute Gasteiger partial charge is 0.295 e. The van der Waals surface area contributed by atoms with Gasteiger partial charge in [0.15, 0.2) is 5.78 Å². The van der Waals surface area contributed by atoms with Gasteiger partial charge in [-0.2, -0.15) is 0 Å². The predicted molar refractivity (Wildman–Crippen MR) is 91.0 cm³/mol. The fourth-order valence-corrected chi connectivity index (χ4v) is 4.65. The minimum absolute atomic E-state index is 0.0555. The quantitative estimate of drug-likeness (QED) is 0.430. The van der Waals surface area contributed by atoms with Crippen LogP contribution in [0.3, 0.4) is 0 Å². The molecule has 0 aromatic heterocycles. The van der Waals surface area contributed by atoms with Gasteiger partial charge in [0.1, 0.15) is 0 Å². The van der Waals surface area contributed by atoms with Gasteiger partial charge in [-0.15, -0.1) is 6.58 Å². The zero-order valence-electron chi connectivity index (χ0n) is 13.1. The van der Waals surface area contributed by atoms with Gasteiger partial charge in [-0.1, -0.05) is 55.5 Å². The molecule has 2 aliphatic rings. The first-order chi connectivity index (χ1) is 9.95. The monoisotopic (exact) mass is 294 g/mol. The van der Waals surface area contributed by atoms with E-state index in [1.807, 2.05) is 6.08 Å². The lowest BCUT2D eigenvalue weighted by molar-refractivity contribution is -0.120. The molecule has 0 unspecified atom stereocenters. The number of rotatable bonds is 2. The minimum Gasteiger partial charge on any atom is -0.295 e. The standard InChI is InChI=1S/C19H22OSi/c1-5-16-15-12-10-8-6-7-9-11-13-17(16)19(20)18(14-15)21(2,3)4/h5-7,14-17H,1,12-13H2,2-4H3/b7-6-/t15-,16+,17-/m1/s1. The number of allylic oxidation sites excluding steroid dienone is 5. The van der Waals surface area contributed by atoms with Crippen molar-refractivity contribution < 1.29 is 4.79 Å². The van der Waals surface area contributed by atoms with Crippen LogP contribution in [0.5, 0.6) is 0 Å². The van der Waals surface area contributed by atoms with Gasteiger partial charge >= 0.3 is 0 Å². The Bertz CT molecular complexity index is 622. The van der Waals surface area contributed by atoms with Crippen molar-refractivity contribution in [2.24, 2.45) is 17.8 Å². The highest BCUT2D eigenvalue weighted by Gasteiger charge is 2.40. The molecule has 0 aromatic carbocycles. The molecular weight excluding hydrogens is 272 g/mol. The summed E-state index contributed by atoms with van der Waals surface area (Å²) in [5.74, 6) is 13.0. The molecule has 2 aliphatic carbocycles. The highest BCUT2D eigenvalue weighted by molar-refractivity contribution is 6.87. The lowest BCUT2D eigenvalue weighted by Gasteiger charge is -2.36. The zero-order valence-corrected chi connectivity index (χ0v) is 14.1. The molecule has 0 saturated carbocycles. The number of fused-ring (bicyclic) bond motifs is 2. The lowest BCUT2D eigenvalue weighted by Crippen LogP contribution is -2.41. The Labute approximate surface area is 129 Å². The summed E-state index contributed by atoms with van der Waals surface area (Å²) < 4.78 is 0. The van der Waals surface area contributed by atoms with Crippen molar-refractivity contribution in [1.82, 2.24) is 0 Å². The summed E-state index contributed by atoms with van der Waals surface area (Å²) in [4.78, 5) is 12.9. The van der Waals surface area contributed by atoms with Gasteiger partial charge in [-0.3, -0.25) is 4.79 Å². The van der Waals surface area contributed by atoms with Gasteiger partial charge in [0, 0.05) is 18.8 Å². The van der Waals surface area contributed by atoms with E-state index >= 15 is 0 Å². The van der Waals surface area contributed by atoms with Gasteiger partial charge in [0.05, 0.1) is 8.07 Å². The van der Waals surface area contributed by atoms with Gasteiger partial charge in [-0.25, -0.2) is 0 Å². The normalized spacial score (nSPS) is 29.8. The highest BCUT2D eigenvalue weighted by Crippen LogP contribution is 2.38. The molecule has 3 atom stereocenters. The van der Waals surface area contributed by atoms with Crippen LogP contribution >= 0.6 is 0 Å². The molecule has 0 spiro atoms. The van der Waals surface area contributed by atoms with Crippen LogP contribution in [0.4, 0.5) is 0 Å². The molecule has 1 nitrogen and oxygen atoms in total. The molecule has 0 fully saturated rings. The van der Waals surface area contributed by atoms with Crippen LogP contribution in [-0.4, -0.2) is 13.9 Å². The van der Waals surface area contributed by atoms with Gasteiger partial charge < -0.3 is 0 Å². The first-order valence-electron chi connectivity index (χ1n) is 7.46. The molecule has 0 amide bonds. The van der Waals surface area contributed by atoms with E-state index in [9.17, 15) is 4.79 Å². The maximum atomic E-state index is 12.9. The molecule has 0 radical (unpaired) electrons. The molecule has 108 valence electrons. The van der Waals surface area contributed by atoms with Crippen LogP contribution in [-0.2, 0) is 4.79 Å². The average Bonchev–Trinajstić information content (AvgIpc) is 2.44. The summed E-state index contributed by atoms with van der Waals surface area (Å²) in [6.07, 6.45) is 9.07. The molecule has 0 saturated heterocycles. The van der Waals surface area contributed by atoms with Crippen molar-refractivity contribution in [3.8, 4) is 23.7 Å². The Kier molecular flexibility index (Phi) is 4.71. The first kappa shape index (κ1) is 15.6. The van der Waals surface area contributed by atoms with Gasteiger partial charge in [-0.05, 0) is 29.2 Å². The number of hydrogen-bond acceptors (Lipinski definition) is 1. The predicted octanol–water partition coefficient (Wildman–Crippen LogP) is 3.76. The Hall–Kier alpha value is -1.77. The van der Waals surface area contributed by atoms with Crippen LogP contribution in [0.2, 0.25) is 19.6 Å². The lowest BCUT2D eigenvalue weighted by atomic mass is 9.72. The van der Waals surface area contributed by atoms with Crippen molar-refractivity contribution >= 4 is 13.9 Å². The fourth-order valence-electron chi connectivity index (χ4n) is 3.01. The highest BCUT2D eigenvalue weighted by atomic mass is 28.3. The van der Waals surface area contributed by atoms with Crippen LogP contribution in [0.25, 0.3) is 0 Å². The van der Waals surface area contributed by atoms with E-state index in [-0.39, 0.29) is 17.8 Å². The average molecular weight is 294 g/mol. The van der Waals surface area contributed by atoms with E-state index < -0.39 is 8.07 Å². The smallest absolute Gasteiger partial charge is 0.159 e. The molecule has 2 rings (SSSR count). The maximum Gasteiger partial charge on any atom is 0.159 e. The molecule has 21 heavy (non-hydrogen) atoms. The SMILES string of the molecule is C=C[C@H]1[C@H]2C=C([Si](C)(C)C)C(=O)[C@@H]1CC#C/C=C\C#CC2. The topological polar surface area (TPSA) is 17.1 Å². The Balaban J connectivity index is 2.51. The second-order valence-electron chi connectivity index (χ2n) is 6.66. The number of ketones is 1. The first-order valence-corrected chi connectivity index (χ1v) is 11.0. The minimum atomic E-state index is -1.64. The number of hydrogen-bond donors (Lipinski definition) is 0. The summed E-state index contributed by atoms with van der Waals surface area (Å²) in [6.45, 7) is 10.7. The second kappa shape index (κ2) is 6.33. The third-order valence-corrected chi connectivity index (χ3v) is 6.17. The molecule has 0 heterocycles. The van der Waals surface area contributed by atoms with Crippen molar-refractivity contribution in [2.45, 2.75) is 32.5 Å². The van der Waals surface area contributed by atoms with E-state index in [4.69, 9.17) is 0 Å². The van der Waals surface area contributed by atoms with Crippen molar-refractivity contribution in [2.75, 3.05) is 0 Å². The van der Waals surface area contributed by atoms with E-state index in [0.717, 1.165) is 11.6 Å². The maximum absolute atomic E-state index is 12.9. The van der Waals surface area contributed by atoms with E-state index in [2.05, 4.69) is 56.0 Å². The molecule has 2 bridgehead atoms. The third-order valence-electron chi connectivity index (χ3n) is 4.14. The molecular formula is C19H22OSi. The molecule has 0 aliphatic heterocycles. The Morgan fingerprint density at radius 1 is 1.19 bits per heavy atom. The van der Waals surface area contributed by atoms with Crippen LogP contribution in [0, 0.1) is 41.4 Å². The van der Waals surface area contributed by atoms with Crippen LogP contribution in [0.1, 0.15) is 12.8 Å². The number of Topliss-reactive ketones (excluding diaryl/α,β-unsaturated/α-hetero) is 1. The van der Waals surface area contributed by atoms with Crippen LogP contribution < -0.4 is 0 Å². The molecule has 0 N–H and O–H groups in total. The van der Waals surface area contributed by atoms with Crippen LogP contribution in [0.15, 0.2) is 36.1 Å². The summed E-state index contributed by atoms with van der Waals surface area (Å²) in [5.41, 5.74) is 0. The number of carbonyl (C=O) groups is 1. The van der Waals surface area contributed by atoms with Crippen molar-refractivity contribution in [3.63, 3.8) is 0 Å². The fraction of sp³-hybridized carbons (Fsp3) is 0.421. The summed E-state index contributed by atoms with van der Waals surface area (Å²) in [5, 5.41) is 1.06. The Morgan fingerprint density at radius 3 is 2.38 bits per heavy atom. The number of carbonyl (C=O) groups excluding carboxylic acids is 1. The summed E-state index contributed by atoms with van der Waals surface area (Å²) in [6, 6.07) is 0. The Morgan fingerprint density at radius 2 is 1.81 bits per heavy atom. The zero-order chi connectivity index (χ0) is 15.5. The van der Waals surface area contributed by atoms with Crippen molar-refractivity contribution in [3.05, 3.63) is 36.1 Å². The van der Waals surface area contributed by atoms with E-state index in [1.54, 1.807) is 12.2 Å². The molecule has 2 heteroatoms.